The SMILES string of the molecule is CC1c2cccc(O)c2CCC1CN. The van der Waals surface area contributed by atoms with Gasteiger partial charge >= 0.3 is 0 Å². The van der Waals surface area contributed by atoms with Crippen LogP contribution in [0.15, 0.2) is 18.2 Å². The van der Waals surface area contributed by atoms with Crippen LogP contribution in [0.2, 0.25) is 0 Å². The third-order valence-corrected chi connectivity index (χ3v) is 3.45. The summed E-state index contributed by atoms with van der Waals surface area (Å²) in [4.78, 5) is 0. The number of phenols is 1. The molecule has 1 aromatic rings. The van der Waals surface area contributed by atoms with E-state index >= 15 is 0 Å². The first-order valence-corrected chi connectivity index (χ1v) is 5.25. The van der Waals surface area contributed by atoms with Gasteiger partial charge in [-0.15, -0.1) is 0 Å². The lowest BCUT2D eigenvalue weighted by Crippen LogP contribution is -2.25. The topological polar surface area (TPSA) is 46.2 Å². The fourth-order valence-electron chi connectivity index (χ4n) is 2.45. The first kappa shape index (κ1) is 9.53. The number of fused-ring (bicyclic) bond motifs is 1. The molecule has 0 heterocycles. The van der Waals surface area contributed by atoms with Crippen LogP contribution in [0.25, 0.3) is 0 Å². The Bertz CT molecular complexity index is 335. The molecule has 0 spiro atoms. The molecule has 0 amide bonds. The lowest BCUT2D eigenvalue weighted by molar-refractivity contribution is 0.387. The van der Waals surface area contributed by atoms with Crippen LogP contribution in [0.1, 0.15) is 30.4 Å². The van der Waals surface area contributed by atoms with Gasteiger partial charge in [0.25, 0.3) is 0 Å². The molecule has 0 radical (unpaired) electrons. The fourth-order valence-corrected chi connectivity index (χ4v) is 2.45. The van der Waals surface area contributed by atoms with Crippen LogP contribution >= 0.6 is 0 Å². The number of aromatic hydroxyl groups is 1. The molecule has 14 heavy (non-hydrogen) atoms. The second-order valence-corrected chi connectivity index (χ2v) is 4.17. The summed E-state index contributed by atoms with van der Waals surface area (Å²) < 4.78 is 0. The van der Waals surface area contributed by atoms with Crippen LogP contribution in [0.4, 0.5) is 0 Å². The predicted octanol–water partition coefficient (Wildman–Crippen LogP) is 2.02. The highest BCUT2D eigenvalue weighted by Gasteiger charge is 2.26. The van der Waals surface area contributed by atoms with Crippen LogP contribution in [0, 0.1) is 5.92 Å². The van der Waals surface area contributed by atoms with Crippen molar-refractivity contribution < 1.29 is 5.11 Å². The van der Waals surface area contributed by atoms with Gasteiger partial charge < -0.3 is 10.8 Å². The Hall–Kier alpha value is -1.02. The van der Waals surface area contributed by atoms with E-state index < -0.39 is 0 Å². The molecule has 2 nitrogen and oxygen atoms in total. The quantitative estimate of drug-likeness (QED) is 0.713. The number of phenolic OH excluding ortho intramolecular Hbond substituents is 1. The summed E-state index contributed by atoms with van der Waals surface area (Å²) in [5, 5.41) is 9.70. The molecule has 0 saturated carbocycles. The van der Waals surface area contributed by atoms with Crippen molar-refractivity contribution in [1.82, 2.24) is 0 Å². The van der Waals surface area contributed by atoms with Gasteiger partial charge in [-0.05, 0) is 48.4 Å². The van der Waals surface area contributed by atoms with Crippen molar-refractivity contribution >= 4 is 0 Å². The van der Waals surface area contributed by atoms with E-state index in [1.54, 1.807) is 6.07 Å². The first-order valence-electron chi connectivity index (χ1n) is 5.25. The maximum absolute atomic E-state index is 9.70. The Labute approximate surface area is 84.7 Å². The normalized spacial score (nSPS) is 25.9. The summed E-state index contributed by atoms with van der Waals surface area (Å²) in [5.74, 6) is 1.50. The highest BCUT2D eigenvalue weighted by atomic mass is 16.3. The van der Waals surface area contributed by atoms with Crippen molar-refractivity contribution in [3.8, 4) is 5.75 Å². The van der Waals surface area contributed by atoms with Crippen molar-refractivity contribution in [3.63, 3.8) is 0 Å². The van der Waals surface area contributed by atoms with Gasteiger partial charge in [0.05, 0.1) is 0 Å². The van der Waals surface area contributed by atoms with Gasteiger partial charge in [-0.25, -0.2) is 0 Å². The van der Waals surface area contributed by atoms with E-state index in [1.807, 2.05) is 6.07 Å². The Kier molecular flexibility index (Phi) is 2.46. The van der Waals surface area contributed by atoms with Crippen LogP contribution in [0.5, 0.6) is 5.75 Å². The van der Waals surface area contributed by atoms with Gasteiger partial charge in [0.2, 0.25) is 0 Å². The Morgan fingerprint density at radius 1 is 1.50 bits per heavy atom. The molecule has 0 bridgehead atoms. The van der Waals surface area contributed by atoms with E-state index in [-0.39, 0.29) is 0 Å². The molecule has 0 aromatic heterocycles. The minimum absolute atomic E-state index is 0.449. The summed E-state index contributed by atoms with van der Waals surface area (Å²) in [6, 6.07) is 5.80. The second-order valence-electron chi connectivity index (χ2n) is 4.17. The van der Waals surface area contributed by atoms with Crippen molar-refractivity contribution in [1.29, 1.82) is 0 Å². The average Bonchev–Trinajstić information content (AvgIpc) is 2.20. The zero-order chi connectivity index (χ0) is 10.1. The summed E-state index contributed by atoms with van der Waals surface area (Å²) in [6.07, 6.45) is 2.07. The molecule has 2 unspecified atom stereocenters. The molecule has 1 aromatic carbocycles. The van der Waals surface area contributed by atoms with Gasteiger partial charge in [0.1, 0.15) is 5.75 Å². The minimum Gasteiger partial charge on any atom is -0.508 e. The monoisotopic (exact) mass is 191 g/mol. The molecule has 0 fully saturated rings. The maximum atomic E-state index is 9.70. The fraction of sp³-hybridized carbons (Fsp3) is 0.500. The van der Waals surface area contributed by atoms with E-state index in [2.05, 4.69) is 13.0 Å². The van der Waals surface area contributed by atoms with Gasteiger partial charge in [-0.1, -0.05) is 19.1 Å². The lowest BCUT2D eigenvalue weighted by Gasteiger charge is -2.30. The van der Waals surface area contributed by atoms with E-state index in [9.17, 15) is 5.11 Å². The standard InChI is InChI=1S/C12H17NO/c1-8-9(7-13)5-6-11-10(8)3-2-4-12(11)14/h2-4,8-9,14H,5-7,13H2,1H3. The van der Waals surface area contributed by atoms with E-state index in [1.165, 1.54) is 5.56 Å². The number of hydrogen-bond acceptors (Lipinski definition) is 2. The van der Waals surface area contributed by atoms with Gasteiger partial charge in [0, 0.05) is 0 Å². The smallest absolute Gasteiger partial charge is 0.119 e. The summed E-state index contributed by atoms with van der Waals surface area (Å²) in [7, 11) is 0. The molecule has 0 aliphatic heterocycles. The number of rotatable bonds is 1. The van der Waals surface area contributed by atoms with Crippen molar-refractivity contribution in [2.75, 3.05) is 6.54 Å². The zero-order valence-corrected chi connectivity index (χ0v) is 8.53. The third-order valence-electron chi connectivity index (χ3n) is 3.45. The Morgan fingerprint density at radius 3 is 3.00 bits per heavy atom. The molecular weight excluding hydrogens is 174 g/mol. The maximum Gasteiger partial charge on any atom is 0.119 e. The highest BCUT2D eigenvalue weighted by molar-refractivity contribution is 5.42. The van der Waals surface area contributed by atoms with Crippen LogP contribution in [-0.2, 0) is 6.42 Å². The first-order chi connectivity index (χ1) is 6.74. The highest BCUT2D eigenvalue weighted by Crippen LogP contribution is 2.38. The number of hydrogen-bond donors (Lipinski definition) is 2. The second kappa shape index (κ2) is 3.62. The third kappa shape index (κ3) is 1.40. The molecule has 1 aliphatic rings. The summed E-state index contributed by atoms with van der Waals surface area (Å²) in [5.41, 5.74) is 8.14. The molecule has 1 aliphatic carbocycles. The summed E-state index contributed by atoms with van der Waals surface area (Å²) >= 11 is 0. The molecule has 2 heteroatoms. The lowest BCUT2D eigenvalue weighted by atomic mass is 9.76. The van der Waals surface area contributed by atoms with Gasteiger partial charge in [-0.2, -0.15) is 0 Å². The number of benzene rings is 1. The Balaban J connectivity index is 2.41. The van der Waals surface area contributed by atoms with E-state index in [0.717, 1.165) is 24.9 Å². The molecule has 0 saturated heterocycles. The van der Waals surface area contributed by atoms with Crippen LogP contribution < -0.4 is 5.73 Å². The van der Waals surface area contributed by atoms with Crippen molar-refractivity contribution in [2.45, 2.75) is 25.7 Å². The summed E-state index contributed by atoms with van der Waals surface area (Å²) in [6.45, 7) is 2.95. The molecule has 76 valence electrons. The Morgan fingerprint density at radius 2 is 2.29 bits per heavy atom. The van der Waals surface area contributed by atoms with Crippen molar-refractivity contribution in [2.24, 2.45) is 11.7 Å². The van der Waals surface area contributed by atoms with Gasteiger partial charge in [0.15, 0.2) is 0 Å². The zero-order valence-electron chi connectivity index (χ0n) is 8.53. The molecular formula is C12H17NO. The molecule has 3 N–H and O–H groups in total. The van der Waals surface area contributed by atoms with Gasteiger partial charge in [-0.3, -0.25) is 0 Å². The largest absolute Gasteiger partial charge is 0.508 e. The average molecular weight is 191 g/mol. The molecule has 2 atom stereocenters. The van der Waals surface area contributed by atoms with E-state index in [0.29, 0.717) is 17.6 Å². The van der Waals surface area contributed by atoms with E-state index in [4.69, 9.17) is 5.73 Å². The minimum atomic E-state index is 0.449. The van der Waals surface area contributed by atoms with Crippen LogP contribution in [0.3, 0.4) is 0 Å². The molecule has 2 rings (SSSR count). The van der Waals surface area contributed by atoms with Crippen molar-refractivity contribution in [3.05, 3.63) is 29.3 Å². The predicted molar refractivity (Wildman–Crippen MR) is 57.4 cm³/mol. The number of nitrogens with two attached hydrogens (primary N) is 1. The van der Waals surface area contributed by atoms with Crippen LogP contribution in [-0.4, -0.2) is 11.7 Å².